The number of carbonyl (C=O) groups excluding carboxylic acids is 3. The van der Waals surface area contributed by atoms with Crippen molar-refractivity contribution in [1.29, 1.82) is 0 Å². The number of nitrogens with zero attached hydrogens (tertiary/aromatic N) is 5. The van der Waals surface area contributed by atoms with Crippen LogP contribution in [0.2, 0.25) is 0 Å². The third-order valence-corrected chi connectivity index (χ3v) is 8.37. The lowest BCUT2D eigenvalue weighted by Crippen LogP contribution is -2.58. The van der Waals surface area contributed by atoms with E-state index in [1.165, 1.54) is 38.3 Å². The number of methoxy groups -OCH3 is 1. The van der Waals surface area contributed by atoms with E-state index in [9.17, 15) is 14.4 Å². The smallest absolute Gasteiger partial charge is 0.334 e. The van der Waals surface area contributed by atoms with E-state index in [2.05, 4.69) is 10.1 Å². The Labute approximate surface area is 260 Å². The van der Waals surface area contributed by atoms with Gasteiger partial charge in [0.2, 0.25) is 5.67 Å². The first-order chi connectivity index (χ1) is 20.5. The summed E-state index contributed by atoms with van der Waals surface area (Å²) in [4.78, 5) is 53.6. The largest absolute Gasteiger partial charge is 0.496 e. The second-order valence-electron chi connectivity index (χ2n) is 12.9. The molecule has 4 rings (SSSR count). The maximum Gasteiger partial charge on any atom is 0.334 e. The molecule has 1 aliphatic heterocycles. The molecule has 0 N–H and O–H groups in total. The number of thiazole rings is 1. The van der Waals surface area contributed by atoms with Crippen LogP contribution in [0, 0.1) is 0 Å². The molecule has 2 amide bonds. The van der Waals surface area contributed by atoms with Crippen molar-refractivity contribution in [2.45, 2.75) is 82.8 Å². The summed E-state index contributed by atoms with van der Waals surface area (Å²) in [6, 6.07) is 4.98. The van der Waals surface area contributed by atoms with Crippen LogP contribution in [0.5, 0.6) is 5.75 Å². The van der Waals surface area contributed by atoms with E-state index in [0.717, 1.165) is 26.9 Å². The van der Waals surface area contributed by atoms with E-state index in [1.54, 1.807) is 56.6 Å². The maximum atomic E-state index is 17.8. The summed E-state index contributed by atoms with van der Waals surface area (Å²) in [7, 11) is 4.00. The average Bonchev–Trinajstić information content (AvgIpc) is 3.71. The third kappa shape index (κ3) is 6.07. The number of ether oxygens (including phenoxy) is 2. The number of amides is 2. The molecule has 0 spiro atoms. The van der Waals surface area contributed by atoms with Gasteiger partial charge in [-0.15, -0.1) is 11.3 Å². The van der Waals surface area contributed by atoms with E-state index >= 15 is 4.39 Å². The second-order valence-corrected chi connectivity index (χ2v) is 13.8. The zero-order chi connectivity index (χ0) is 32.7. The van der Waals surface area contributed by atoms with Crippen LogP contribution in [0.15, 0.2) is 48.2 Å². The Bertz CT molecular complexity index is 1500. The number of hydrogen-bond donors (Lipinski definition) is 0. The fourth-order valence-corrected chi connectivity index (χ4v) is 6.37. The fraction of sp³-hybridized carbons (Fsp3) is 0.516. The SMILES string of the molecule is COc1cc(C(=O)N2C(c3nccs3)C(F)(C(=O)N(C)OC)CC2(Cn2cccn2)C(=O)OC(C)(C)C)ccc1C(C)(C)C. The summed E-state index contributed by atoms with van der Waals surface area (Å²) in [5.41, 5.74) is -5.23. The molecule has 3 heterocycles. The predicted octanol–water partition coefficient (Wildman–Crippen LogP) is 4.74. The summed E-state index contributed by atoms with van der Waals surface area (Å²) in [6.45, 7) is 10.8. The molecule has 1 aliphatic rings. The van der Waals surface area contributed by atoms with Crippen molar-refractivity contribution in [3.63, 3.8) is 0 Å². The lowest BCUT2D eigenvalue weighted by atomic mass is 9.85. The molecule has 1 fully saturated rings. The van der Waals surface area contributed by atoms with Gasteiger partial charge >= 0.3 is 5.97 Å². The highest BCUT2D eigenvalue weighted by atomic mass is 32.1. The van der Waals surface area contributed by atoms with E-state index < -0.39 is 47.1 Å². The zero-order valence-corrected chi connectivity index (χ0v) is 27.4. The Morgan fingerprint density at radius 1 is 1.14 bits per heavy atom. The van der Waals surface area contributed by atoms with Crippen LogP contribution in [0.25, 0.3) is 0 Å². The van der Waals surface area contributed by atoms with Crippen LogP contribution >= 0.6 is 11.3 Å². The van der Waals surface area contributed by atoms with E-state index in [0.29, 0.717) is 5.75 Å². The number of likely N-dealkylation sites (tertiary alicyclic amines) is 1. The molecule has 11 nitrogen and oxygen atoms in total. The number of rotatable bonds is 8. The number of carbonyl (C=O) groups is 3. The molecule has 1 aromatic carbocycles. The summed E-state index contributed by atoms with van der Waals surface area (Å²) in [5.74, 6) is -2.23. The number of esters is 1. The Kier molecular flexibility index (Phi) is 8.96. The van der Waals surface area contributed by atoms with Crippen molar-refractivity contribution in [2.24, 2.45) is 0 Å². The first kappa shape index (κ1) is 33.1. The molecule has 3 atom stereocenters. The lowest BCUT2D eigenvalue weighted by molar-refractivity contribution is -0.183. The van der Waals surface area contributed by atoms with Gasteiger partial charge in [-0.05, 0) is 49.9 Å². The maximum absolute atomic E-state index is 17.8. The zero-order valence-electron chi connectivity index (χ0n) is 26.6. The van der Waals surface area contributed by atoms with Gasteiger partial charge in [0.15, 0.2) is 5.54 Å². The van der Waals surface area contributed by atoms with Gasteiger partial charge < -0.3 is 14.4 Å². The van der Waals surface area contributed by atoms with Crippen molar-refractivity contribution < 1.29 is 33.1 Å². The van der Waals surface area contributed by atoms with Gasteiger partial charge in [0.25, 0.3) is 11.8 Å². The monoisotopic (exact) mass is 629 g/mol. The lowest BCUT2D eigenvalue weighted by Gasteiger charge is -2.40. The molecule has 1 saturated heterocycles. The molecule has 0 aliphatic carbocycles. The van der Waals surface area contributed by atoms with Gasteiger partial charge in [0.05, 0.1) is 20.8 Å². The van der Waals surface area contributed by atoms with Crippen molar-refractivity contribution in [2.75, 3.05) is 21.3 Å². The van der Waals surface area contributed by atoms with E-state index in [4.69, 9.17) is 14.3 Å². The summed E-state index contributed by atoms with van der Waals surface area (Å²) in [6.07, 6.45) is 3.81. The highest BCUT2D eigenvalue weighted by Crippen LogP contribution is 2.55. The quantitative estimate of drug-likeness (QED) is 0.259. The minimum absolute atomic E-state index is 0.126. The number of hydrogen-bond acceptors (Lipinski definition) is 9. The number of halogens is 1. The fourth-order valence-electron chi connectivity index (χ4n) is 5.57. The van der Waals surface area contributed by atoms with E-state index in [-0.39, 0.29) is 22.5 Å². The predicted molar refractivity (Wildman–Crippen MR) is 162 cm³/mol. The Hall–Kier alpha value is -3.84. The standard InChI is InChI=1S/C31H40FN5O6S/c1-28(2,3)21-12-11-20(17-22(21)41-8)25(38)37-23(24-33-14-16-44-24)31(32,26(39)35(7)42-9)18-30(37,19-36-15-10-13-34-36)27(40)43-29(4,5)6/h10-17,23H,18-19H2,1-9H3. The first-order valence-electron chi connectivity index (χ1n) is 14.1. The topological polar surface area (TPSA) is 116 Å². The highest BCUT2D eigenvalue weighted by Gasteiger charge is 2.71. The minimum atomic E-state index is -2.85. The van der Waals surface area contributed by atoms with Gasteiger partial charge in [0, 0.05) is 43.0 Å². The Balaban J connectivity index is 2.04. The van der Waals surface area contributed by atoms with Gasteiger partial charge in [-0.25, -0.2) is 19.2 Å². The molecular formula is C31H40FN5O6S. The number of benzene rings is 1. The van der Waals surface area contributed by atoms with Crippen LogP contribution in [0.4, 0.5) is 4.39 Å². The molecule has 13 heteroatoms. The number of alkyl halides is 1. The minimum Gasteiger partial charge on any atom is -0.496 e. The third-order valence-electron chi connectivity index (χ3n) is 7.54. The number of aromatic nitrogens is 3. The first-order valence-corrected chi connectivity index (χ1v) is 15.0. The summed E-state index contributed by atoms with van der Waals surface area (Å²) in [5, 5.41) is 6.76. The average molecular weight is 630 g/mol. The molecule has 0 bridgehead atoms. The van der Waals surface area contributed by atoms with Gasteiger partial charge in [-0.2, -0.15) is 5.10 Å². The van der Waals surface area contributed by atoms with Gasteiger partial charge in [-0.1, -0.05) is 26.8 Å². The molecule has 2 aromatic heterocycles. The number of hydroxylamine groups is 2. The molecule has 3 aromatic rings. The van der Waals surface area contributed by atoms with Crippen LogP contribution in [0.3, 0.4) is 0 Å². The summed E-state index contributed by atoms with van der Waals surface area (Å²) >= 11 is 1.07. The molecule has 0 saturated carbocycles. The highest BCUT2D eigenvalue weighted by molar-refractivity contribution is 7.09. The van der Waals surface area contributed by atoms with Crippen molar-refractivity contribution in [1.82, 2.24) is 24.7 Å². The van der Waals surface area contributed by atoms with Crippen LogP contribution in [-0.2, 0) is 31.1 Å². The molecular weight excluding hydrogens is 589 g/mol. The van der Waals surface area contributed by atoms with Gasteiger partial charge in [0.1, 0.15) is 22.4 Å². The van der Waals surface area contributed by atoms with Gasteiger partial charge in [-0.3, -0.25) is 19.1 Å². The van der Waals surface area contributed by atoms with Crippen molar-refractivity contribution in [3.8, 4) is 5.75 Å². The van der Waals surface area contributed by atoms with Crippen LogP contribution in [-0.4, -0.2) is 80.6 Å². The van der Waals surface area contributed by atoms with E-state index in [1.807, 2.05) is 20.8 Å². The second kappa shape index (κ2) is 11.9. The molecule has 44 heavy (non-hydrogen) atoms. The van der Waals surface area contributed by atoms with Crippen LogP contribution < -0.4 is 4.74 Å². The molecule has 3 unspecified atom stereocenters. The van der Waals surface area contributed by atoms with Crippen molar-refractivity contribution in [3.05, 3.63) is 64.4 Å². The Morgan fingerprint density at radius 2 is 1.84 bits per heavy atom. The normalized spacial score (nSPS) is 22.1. The Morgan fingerprint density at radius 3 is 2.36 bits per heavy atom. The summed E-state index contributed by atoms with van der Waals surface area (Å²) < 4.78 is 30.8. The van der Waals surface area contributed by atoms with Crippen molar-refractivity contribution >= 4 is 29.1 Å². The molecule has 0 radical (unpaired) electrons. The van der Waals surface area contributed by atoms with Crippen LogP contribution in [0.1, 0.15) is 74.9 Å². The molecule has 238 valence electrons.